The highest BCUT2D eigenvalue weighted by Crippen LogP contribution is 2.19. The smallest absolute Gasteiger partial charge is 0.258 e. The molecule has 1 aromatic carbocycles. The van der Waals surface area contributed by atoms with E-state index in [1.54, 1.807) is 18.3 Å². The molecule has 0 fully saturated rings. The first-order valence-electron chi connectivity index (χ1n) is 6.10. The number of hydrogen-bond acceptors (Lipinski definition) is 3. The Balaban J connectivity index is 2.28. The average molecular weight is 255 g/mol. The highest BCUT2D eigenvalue weighted by molar-refractivity contribution is 5.35. The zero-order chi connectivity index (χ0) is 13.8. The molecule has 0 amide bonds. The third kappa shape index (κ3) is 2.68. The van der Waals surface area contributed by atoms with Crippen molar-refractivity contribution in [3.63, 3.8) is 0 Å². The topological polar surface area (TPSA) is 61.7 Å². The number of nitroso groups, excluding NO2 is 1. The van der Waals surface area contributed by atoms with Crippen molar-refractivity contribution in [1.82, 2.24) is 9.78 Å². The summed E-state index contributed by atoms with van der Waals surface area (Å²) in [6.45, 7) is 2.60. The van der Waals surface area contributed by atoms with Gasteiger partial charge in [0.2, 0.25) is 0 Å². The molecule has 0 bridgehead atoms. The van der Waals surface area contributed by atoms with Crippen molar-refractivity contribution in [3.8, 4) is 6.07 Å². The molecule has 0 saturated carbocycles. The van der Waals surface area contributed by atoms with Crippen molar-refractivity contribution in [2.75, 3.05) is 7.05 Å². The standard InChI is InChI=1S/C14H15N4O/c1-3-13-14(17(2)19)9-16-18(13)10-12-6-4-11(8-15)5-7-12/h4-7,9H,3,10H2,1-2H3/q+1. The molecule has 2 aromatic rings. The lowest BCUT2D eigenvalue weighted by Gasteiger charge is -2.05. The van der Waals surface area contributed by atoms with Gasteiger partial charge in [0.25, 0.3) is 5.69 Å². The van der Waals surface area contributed by atoms with Gasteiger partial charge in [0.15, 0.2) is 7.05 Å². The predicted octanol–water partition coefficient (Wildman–Crippen LogP) is 2.41. The van der Waals surface area contributed by atoms with E-state index < -0.39 is 0 Å². The molecule has 2 rings (SSSR count). The van der Waals surface area contributed by atoms with Gasteiger partial charge in [-0.3, -0.25) is 4.68 Å². The Bertz CT molecular complexity index is 634. The summed E-state index contributed by atoms with van der Waals surface area (Å²) in [7, 11) is 1.47. The summed E-state index contributed by atoms with van der Waals surface area (Å²) in [4.78, 5) is 11.4. The largest absolute Gasteiger partial charge is 0.296 e. The predicted molar refractivity (Wildman–Crippen MR) is 71.1 cm³/mol. The van der Waals surface area contributed by atoms with E-state index in [0.717, 1.165) is 22.4 Å². The molecule has 1 aromatic heterocycles. The number of hydrogen-bond donors (Lipinski definition) is 0. The minimum atomic E-state index is 0.600. The molecule has 5 nitrogen and oxygen atoms in total. The van der Waals surface area contributed by atoms with Crippen LogP contribution in [0, 0.1) is 16.2 Å². The van der Waals surface area contributed by atoms with Crippen molar-refractivity contribution in [2.45, 2.75) is 19.9 Å². The minimum Gasteiger partial charge on any atom is -0.258 e. The number of aromatic nitrogens is 2. The van der Waals surface area contributed by atoms with Crippen LogP contribution in [-0.4, -0.2) is 21.6 Å². The van der Waals surface area contributed by atoms with Gasteiger partial charge in [-0.15, -0.1) is 0 Å². The third-order valence-electron chi connectivity index (χ3n) is 3.02. The van der Waals surface area contributed by atoms with Crippen LogP contribution in [-0.2, 0) is 13.0 Å². The minimum absolute atomic E-state index is 0.600. The van der Waals surface area contributed by atoms with Crippen molar-refractivity contribution >= 4 is 5.69 Å². The lowest BCUT2D eigenvalue weighted by molar-refractivity contribution is -0.429. The maximum Gasteiger partial charge on any atom is 0.296 e. The van der Waals surface area contributed by atoms with E-state index >= 15 is 0 Å². The first-order chi connectivity index (χ1) is 9.15. The van der Waals surface area contributed by atoms with Gasteiger partial charge in [-0.1, -0.05) is 19.1 Å². The summed E-state index contributed by atoms with van der Waals surface area (Å²) in [5, 5.41) is 13.0. The van der Waals surface area contributed by atoms with E-state index in [0.29, 0.717) is 17.8 Å². The molecule has 0 N–H and O–H groups in total. The van der Waals surface area contributed by atoms with Crippen molar-refractivity contribution < 1.29 is 4.76 Å². The highest BCUT2D eigenvalue weighted by atomic mass is 16.3. The SMILES string of the molecule is CCc1c([N+](C)=O)cnn1Cc1ccc(C#N)cc1. The van der Waals surface area contributed by atoms with Gasteiger partial charge in [-0.05, 0) is 24.1 Å². The van der Waals surface area contributed by atoms with Crippen LogP contribution in [0.2, 0.25) is 0 Å². The molecule has 0 atom stereocenters. The van der Waals surface area contributed by atoms with E-state index in [4.69, 9.17) is 5.26 Å². The van der Waals surface area contributed by atoms with E-state index in [1.807, 2.05) is 23.7 Å². The molecule has 0 radical (unpaired) electrons. The van der Waals surface area contributed by atoms with E-state index in [1.165, 1.54) is 7.05 Å². The van der Waals surface area contributed by atoms with Crippen LogP contribution in [0.25, 0.3) is 0 Å². The fourth-order valence-corrected chi connectivity index (χ4v) is 2.02. The second-order valence-corrected chi connectivity index (χ2v) is 4.29. The Labute approximate surface area is 111 Å². The molecule has 0 aliphatic rings. The van der Waals surface area contributed by atoms with Gasteiger partial charge in [0, 0.05) is 9.67 Å². The maximum absolute atomic E-state index is 11.4. The van der Waals surface area contributed by atoms with Gasteiger partial charge in [-0.25, -0.2) is 0 Å². The Morgan fingerprint density at radius 2 is 2.05 bits per heavy atom. The van der Waals surface area contributed by atoms with Crippen LogP contribution in [0.3, 0.4) is 0 Å². The van der Waals surface area contributed by atoms with Gasteiger partial charge < -0.3 is 0 Å². The normalized spacial score (nSPS) is 10.2. The van der Waals surface area contributed by atoms with Crippen LogP contribution in [0.5, 0.6) is 0 Å². The zero-order valence-electron chi connectivity index (χ0n) is 11.0. The fraction of sp³-hybridized carbons (Fsp3) is 0.286. The van der Waals surface area contributed by atoms with Crippen LogP contribution in [0.1, 0.15) is 23.7 Å². The Morgan fingerprint density at radius 3 is 2.58 bits per heavy atom. The first kappa shape index (κ1) is 13.0. The van der Waals surface area contributed by atoms with Gasteiger partial charge in [0.05, 0.1) is 18.2 Å². The Morgan fingerprint density at radius 1 is 1.37 bits per heavy atom. The van der Waals surface area contributed by atoms with Crippen LogP contribution in [0.4, 0.5) is 5.69 Å². The maximum atomic E-state index is 11.4. The second kappa shape index (κ2) is 5.44. The Kier molecular flexibility index (Phi) is 3.71. The molecule has 19 heavy (non-hydrogen) atoms. The van der Waals surface area contributed by atoms with Crippen molar-refractivity contribution in [2.24, 2.45) is 0 Å². The molecule has 96 valence electrons. The summed E-state index contributed by atoms with van der Waals surface area (Å²) < 4.78 is 2.66. The quantitative estimate of drug-likeness (QED) is 0.788. The first-order valence-corrected chi connectivity index (χ1v) is 6.10. The molecule has 5 heteroatoms. The summed E-state index contributed by atoms with van der Waals surface area (Å²) in [5.74, 6) is 0. The van der Waals surface area contributed by atoms with Crippen LogP contribution >= 0.6 is 0 Å². The molecule has 1 heterocycles. The summed E-state index contributed by atoms with van der Waals surface area (Å²) in [5.41, 5.74) is 3.22. The van der Waals surface area contributed by atoms with Gasteiger partial charge >= 0.3 is 0 Å². The molecule has 0 unspecified atom stereocenters. The zero-order valence-corrected chi connectivity index (χ0v) is 11.0. The average Bonchev–Trinajstić information content (AvgIpc) is 2.82. The monoisotopic (exact) mass is 255 g/mol. The van der Waals surface area contributed by atoms with Crippen molar-refractivity contribution in [3.05, 3.63) is 52.2 Å². The number of rotatable bonds is 4. The third-order valence-corrected chi connectivity index (χ3v) is 3.02. The molecule has 0 spiro atoms. The number of nitrogens with zero attached hydrogens (tertiary/aromatic N) is 4. The Hall–Kier alpha value is -2.48. The highest BCUT2D eigenvalue weighted by Gasteiger charge is 2.19. The lowest BCUT2D eigenvalue weighted by Crippen LogP contribution is -2.06. The van der Waals surface area contributed by atoms with Crippen LogP contribution < -0.4 is 0 Å². The molecule has 0 aliphatic heterocycles. The van der Waals surface area contributed by atoms with E-state index in [-0.39, 0.29) is 0 Å². The molecule has 0 saturated heterocycles. The summed E-state index contributed by atoms with van der Waals surface area (Å²) in [6, 6.07) is 9.46. The van der Waals surface area contributed by atoms with Crippen LogP contribution in [0.15, 0.2) is 30.5 Å². The molecular weight excluding hydrogens is 240 g/mol. The molecule has 0 aliphatic carbocycles. The summed E-state index contributed by atoms with van der Waals surface area (Å²) in [6.07, 6.45) is 2.34. The lowest BCUT2D eigenvalue weighted by atomic mass is 10.1. The van der Waals surface area contributed by atoms with Gasteiger partial charge in [-0.2, -0.15) is 10.4 Å². The van der Waals surface area contributed by atoms with Gasteiger partial charge in [0.1, 0.15) is 11.9 Å². The summed E-state index contributed by atoms with van der Waals surface area (Å²) >= 11 is 0. The second-order valence-electron chi connectivity index (χ2n) is 4.29. The molecular formula is C14H15N4O+. The van der Waals surface area contributed by atoms with Crippen molar-refractivity contribution in [1.29, 1.82) is 5.26 Å². The van der Waals surface area contributed by atoms with E-state index in [9.17, 15) is 4.91 Å². The van der Waals surface area contributed by atoms with E-state index in [2.05, 4.69) is 11.2 Å². The number of nitriles is 1. The number of benzene rings is 1. The fourth-order valence-electron chi connectivity index (χ4n) is 2.02.